The molecule has 0 aromatic heterocycles. The fourth-order valence-corrected chi connectivity index (χ4v) is 3.89. The van der Waals surface area contributed by atoms with Gasteiger partial charge in [0.05, 0.1) is 12.6 Å². The second-order valence-corrected chi connectivity index (χ2v) is 7.87. The Hall–Kier alpha value is -1.96. The summed E-state index contributed by atoms with van der Waals surface area (Å²) in [7, 11) is 0. The van der Waals surface area contributed by atoms with Gasteiger partial charge in [-0.3, -0.25) is 14.5 Å². The molecule has 1 aromatic carbocycles. The molecule has 0 aliphatic carbocycles. The van der Waals surface area contributed by atoms with Crippen LogP contribution >= 0.6 is 0 Å². The number of benzene rings is 1. The SMILES string of the molecule is Cc1cccc(NC(=O)CN2CCN(C(=O)C(N)C3CCOCC3)CC2)c1C. The number of aryl methyl sites for hydroxylation is 1. The van der Waals surface area contributed by atoms with Crippen LogP contribution < -0.4 is 11.1 Å². The average Bonchev–Trinajstić information content (AvgIpc) is 2.71. The van der Waals surface area contributed by atoms with Crippen LogP contribution in [0, 0.1) is 19.8 Å². The van der Waals surface area contributed by atoms with Crippen LogP contribution in [-0.4, -0.2) is 73.6 Å². The number of anilines is 1. The molecular formula is C21H32N4O3. The predicted octanol–water partition coefficient (Wildman–Crippen LogP) is 1.14. The molecule has 3 rings (SSSR count). The fourth-order valence-electron chi connectivity index (χ4n) is 3.89. The van der Waals surface area contributed by atoms with Crippen molar-refractivity contribution in [2.75, 3.05) is 51.3 Å². The van der Waals surface area contributed by atoms with Crippen LogP contribution in [0.2, 0.25) is 0 Å². The van der Waals surface area contributed by atoms with E-state index in [0.29, 0.717) is 45.9 Å². The van der Waals surface area contributed by atoms with E-state index in [-0.39, 0.29) is 17.7 Å². The highest BCUT2D eigenvalue weighted by Gasteiger charge is 2.31. The van der Waals surface area contributed by atoms with Gasteiger partial charge in [0, 0.05) is 45.1 Å². The summed E-state index contributed by atoms with van der Waals surface area (Å²) in [6, 6.07) is 5.47. The first-order chi connectivity index (χ1) is 13.5. The van der Waals surface area contributed by atoms with Crippen molar-refractivity contribution in [2.45, 2.75) is 32.7 Å². The molecule has 7 heteroatoms. The first-order valence-corrected chi connectivity index (χ1v) is 10.2. The van der Waals surface area contributed by atoms with E-state index in [9.17, 15) is 9.59 Å². The van der Waals surface area contributed by atoms with Crippen molar-refractivity contribution in [3.05, 3.63) is 29.3 Å². The smallest absolute Gasteiger partial charge is 0.239 e. The number of rotatable bonds is 5. The molecule has 2 saturated heterocycles. The summed E-state index contributed by atoms with van der Waals surface area (Å²) in [4.78, 5) is 29.0. The van der Waals surface area contributed by atoms with Gasteiger partial charge in [0.2, 0.25) is 11.8 Å². The molecule has 1 aromatic rings. The maximum Gasteiger partial charge on any atom is 0.239 e. The highest BCUT2D eigenvalue weighted by atomic mass is 16.5. The molecule has 2 heterocycles. The van der Waals surface area contributed by atoms with Gasteiger partial charge in [-0.15, -0.1) is 0 Å². The molecule has 2 amide bonds. The number of hydrogen-bond donors (Lipinski definition) is 2. The zero-order chi connectivity index (χ0) is 20.1. The first kappa shape index (κ1) is 20.8. The van der Waals surface area contributed by atoms with E-state index in [1.165, 1.54) is 0 Å². The maximum absolute atomic E-state index is 12.7. The number of hydrogen-bond acceptors (Lipinski definition) is 5. The van der Waals surface area contributed by atoms with E-state index in [1.54, 1.807) is 0 Å². The standard InChI is InChI=1S/C21H32N4O3/c1-15-4-3-5-18(16(15)2)23-19(26)14-24-8-10-25(11-9-24)21(27)20(22)17-6-12-28-13-7-17/h3-5,17,20H,6-14,22H2,1-2H3,(H,23,26). The minimum atomic E-state index is -0.442. The Labute approximate surface area is 167 Å². The zero-order valence-corrected chi connectivity index (χ0v) is 16.9. The molecule has 28 heavy (non-hydrogen) atoms. The Bertz CT molecular complexity index is 695. The third-order valence-corrected chi connectivity index (χ3v) is 5.99. The summed E-state index contributed by atoms with van der Waals surface area (Å²) in [5.74, 6) is 0.224. The highest BCUT2D eigenvalue weighted by molar-refractivity contribution is 5.93. The van der Waals surface area contributed by atoms with E-state index >= 15 is 0 Å². The summed E-state index contributed by atoms with van der Waals surface area (Å²) < 4.78 is 5.36. The molecule has 1 atom stereocenters. The second-order valence-electron chi connectivity index (χ2n) is 7.87. The van der Waals surface area contributed by atoms with Gasteiger partial charge in [-0.25, -0.2) is 0 Å². The highest BCUT2D eigenvalue weighted by Crippen LogP contribution is 2.20. The molecule has 7 nitrogen and oxygen atoms in total. The summed E-state index contributed by atoms with van der Waals surface area (Å²) >= 11 is 0. The van der Waals surface area contributed by atoms with Gasteiger partial charge in [0.15, 0.2) is 0 Å². The number of piperazine rings is 1. The maximum atomic E-state index is 12.7. The number of carbonyl (C=O) groups excluding carboxylic acids is 2. The molecule has 0 spiro atoms. The van der Waals surface area contributed by atoms with Crippen molar-refractivity contribution in [1.82, 2.24) is 9.80 Å². The molecule has 0 saturated carbocycles. The lowest BCUT2D eigenvalue weighted by Gasteiger charge is -2.37. The molecule has 154 valence electrons. The summed E-state index contributed by atoms with van der Waals surface area (Å²) in [5.41, 5.74) is 9.34. The van der Waals surface area contributed by atoms with Crippen molar-refractivity contribution in [3.8, 4) is 0 Å². The third kappa shape index (κ3) is 5.10. The van der Waals surface area contributed by atoms with Gasteiger partial charge in [0.25, 0.3) is 0 Å². The molecule has 2 aliphatic rings. The van der Waals surface area contributed by atoms with E-state index in [4.69, 9.17) is 10.5 Å². The quantitative estimate of drug-likeness (QED) is 0.790. The van der Waals surface area contributed by atoms with Crippen molar-refractivity contribution in [1.29, 1.82) is 0 Å². The number of amides is 2. The van der Waals surface area contributed by atoms with Gasteiger partial charge in [-0.05, 0) is 49.8 Å². The molecule has 3 N–H and O–H groups in total. The number of carbonyl (C=O) groups is 2. The molecule has 0 radical (unpaired) electrons. The van der Waals surface area contributed by atoms with Gasteiger partial charge in [0.1, 0.15) is 0 Å². The number of nitrogens with zero attached hydrogens (tertiary/aromatic N) is 2. The number of nitrogens with one attached hydrogen (secondary N) is 1. The lowest BCUT2D eigenvalue weighted by atomic mass is 9.91. The topological polar surface area (TPSA) is 87.9 Å². The summed E-state index contributed by atoms with van der Waals surface area (Å²) in [5, 5.41) is 3.00. The van der Waals surface area contributed by atoms with Crippen LogP contribution in [0.15, 0.2) is 18.2 Å². The Morgan fingerprint density at radius 1 is 1.18 bits per heavy atom. The summed E-state index contributed by atoms with van der Waals surface area (Å²) in [6.07, 6.45) is 1.71. The Balaban J connectivity index is 1.45. The molecule has 2 fully saturated rings. The zero-order valence-electron chi connectivity index (χ0n) is 16.9. The Morgan fingerprint density at radius 2 is 1.86 bits per heavy atom. The van der Waals surface area contributed by atoms with Crippen molar-refractivity contribution < 1.29 is 14.3 Å². The lowest BCUT2D eigenvalue weighted by molar-refractivity contribution is -0.136. The van der Waals surface area contributed by atoms with Crippen LogP contribution in [0.1, 0.15) is 24.0 Å². The third-order valence-electron chi connectivity index (χ3n) is 5.99. The van der Waals surface area contributed by atoms with Gasteiger partial charge >= 0.3 is 0 Å². The van der Waals surface area contributed by atoms with Crippen LogP contribution in [0.4, 0.5) is 5.69 Å². The van der Waals surface area contributed by atoms with Gasteiger partial charge in [-0.2, -0.15) is 0 Å². The molecule has 1 unspecified atom stereocenters. The van der Waals surface area contributed by atoms with E-state index in [0.717, 1.165) is 29.7 Å². The van der Waals surface area contributed by atoms with Crippen LogP contribution in [0.25, 0.3) is 0 Å². The minimum absolute atomic E-state index is 0.0209. The molecule has 0 bridgehead atoms. The second kappa shape index (κ2) is 9.49. The van der Waals surface area contributed by atoms with E-state index in [2.05, 4.69) is 10.2 Å². The largest absolute Gasteiger partial charge is 0.381 e. The first-order valence-electron chi connectivity index (χ1n) is 10.2. The monoisotopic (exact) mass is 388 g/mol. The predicted molar refractivity (Wildman–Crippen MR) is 109 cm³/mol. The van der Waals surface area contributed by atoms with Crippen molar-refractivity contribution in [3.63, 3.8) is 0 Å². The van der Waals surface area contributed by atoms with Gasteiger partial charge < -0.3 is 20.7 Å². The Morgan fingerprint density at radius 3 is 2.54 bits per heavy atom. The van der Waals surface area contributed by atoms with E-state index in [1.807, 2.05) is 36.9 Å². The fraction of sp³-hybridized carbons (Fsp3) is 0.619. The van der Waals surface area contributed by atoms with Crippen LogP contribution in [0.3, 0.4) is 0 Å². The lowest BCUT2D eigenvalue weighted by Crippen LogP contribution is -2.56. The average molecular weight is 389 g/mol. The normalized spacial score (nSPS) is 20.0. The minimum Gasteiger partial charge on any atom is -0.381 e. The van der Waals surface area contributed by atoms with E-state index < -0.39 is 6.04 Å². The summed E-state index contributed by atoms with van der Waals surface area (Å²) in [6.45, 7) is 8.37. The van der Waals surface area contributed by atoms with Crippen molar-refractivity contribution in [2.24, 2.45) is 11.7 Å². The van der Waals surface area contributed by atoms with Crippen LogP contribution in [0.5, 0.6) is 0 Å². The molecular weight excluding hydrogens is 356 g/mol. The molecule has 2 aliphatic heterocycles. The van der Waals surface area contributed by atoms with Gasteiger partial charge in [-0.1, -0.05) is 12.1 Å². The van der Waals surface area contributed by atoms with Crippen molar-refractivity contribution >= 4 is 17.5 Å². The number of ether oxygens (including phenoxy) is 1. The number of nitrogens with two attached hydrogens (primary N) is 1. The van der Waals surface area contributed by atoms with Crippen LogP contribution in [-0.2, 0) is 14.3 Å². The Kier molecular flexibility index (Phi) is 7.04.